The summed E-state index contributed by atoms with van der Waals surface area (Å²) < 4.78 is 0. The van der Waals surface area contributed by atoms with E-state index in [0.29, 0.717) is 0 Å². The van der Waals surface area contributed by atoms with Gasteiger partial charge >= 0.3 is 5.97 Å². The minimum Gasteiger partial charge on any atom is -0.481 e. The van der Waals surface area contributed by atoms with Crippen LogP contribution < -0.4 is 0 Å². The molecule has 0 bridgehead atoms. The van der Waals surface area contributed by atoms with Crippen molar-refractivity contribution in [3.8, 4) is 0 Å². The number of carboxylic acid groups (broad SMARTS) is 1. The molecule has 2 heteroatoms. The maximum atomic E-state index is 11.1. The third-order valence-corrected chi connectivity index (χ3v) is 3.06. The smallest absolute Gasteiger partial charge is 0.307 e. The number of carboxylic acids is 1. The standard InChI is InChI=1S/C12H24O2/c1-7-12(5,6)8-9(10(13)14)11(2,3)4/h9H,7-8H2,1-6H3,(H,13,14). The van der Waals surface area contributed by atoms with Crippen LogP contribution in [0, 0.1) is 16.7 Å². The molecule has 14 heavy (non-hydrogen) atoms. The predicted molar refractivity (Wildman–Crippen MR) is 59.3 cm³/mol. The molecular weight excluding hydrogens is 176 g/mol. The van der Waals surface area contributed by atoms with Gasteiger partial charge in [0.05, 0.1) is 5.92 Å². The normalized spacial score (nSPS) is 15.3. The van der Waals surface area contributed by atoms with Crippen molar-refractivity contribution in [2.24, 2.45) is 16.7 Å². The molecule has 0 saturated carbocycles. The predicted octanol–water partition coefficient (Wildman–Crippen LogP) is 3.56. The third kappa shape index (κ3) is 4.12. The highest BCUT2D eigenvalue weighted by atomic mass is 16.4. The summed E-state index contributed by atoms with van der Waals surface area (Å²) >= 11 is 0. The SMILES string of the molecule is CCC(C)(C)CC(C(=O)O)C(C)(C)C. The maximum Gasteiger partial charge on any atom is 0.307 e. The van der Waals surface area contributed by atoms with Gasteiger partial charge in [0.15, 0.2) is 0 Å². The van der Waals surface area contributed by atoms with E-state index in [-0.39, 0.29) is 16.7 Å². The highest BCUT2D eigenvalue weighted by Crippen LogP contribution is 2.37. The summed E-state index contributed by atoms with van der Waals surface area (Å²) in [5.74, 6) is -0.920. The zero-order chi connectivity index (χ0) is 11.6. The van der Waals surface area contributed by atoms with Gasteiger partial charge in [-0.05, 0) is 17.3 Å². The molecule has 0 aromatic heterocycles. The van der Waals surface area contributed by atoms with E-state index in [4.69, 9.17) is 5.11 Å². The van der Waals surface area contributed by atoms with E-state index in [1.54, 1.807) is 0 Å². The number of carbonyl (C=O) groups is 1. The summed E-state index contributed by atoms with van der Waals surface area (Å²) in [5.41, 5.74) is -0.0331. The number of rotatable bonds is 4. The zero-order valence-corrected chi connectivity index (χ0v) is 10.3. The lowest BCUT2D eigenvalue weighted by Gasteiger charge is -2.34. The molecule has 1 atom stereocenters. The van der Waals surface area contributed by atoms with Gasteiger partial charge in [-0.1, -0.05) is 48.0 Å². The van der Waals surface area contributed by atoms with Gasteiger partial charge in [-0.3, -0.25) is 4.79 Å². The monoisotopic (exact) mass is 200 g/mol. The number of aliphatic carboxylic acids is 1. The second-order valence-corrected chi connectivity index (χ2v) is 5.98. The van der Waals surface area contributed by atoms with Crippen LogP contribution in [-0.4, -0.2) is 11.1 Å². The Bertz CT molecular complexity index is 199. The van der Waals surface area contributed by atoms with Crippen molar-refractivity contribution in [3.05, 3.63) is 0 Å². The summed E-state index contributed by atoms with van der Waals surface area (Å²) in [4.78, 5) is 11.1. The van der Waals surface area contributed by atoms with E-state index in [1.807, 2.05) is 20.8 Å². The number of hydrogen-bond donors (Lipinski definition) is 1. The molecule has 0 radical (unpaired) electrons. The number of hydrogen-bond acceptors (Lipinski definition) is 1. The Balaban J connectivity index is 4.64. The molecule has 0 rings (SSSR count). The van der Waals surface area contributed by atoms with Crippen molar-refractivity contribution >= 4 is 5.97 Å². The summed E-state index contributed by atoms with van der Waals surface area (Å²) in [7, 11) is 0. The van der Waals surface area contributed by atoms with Crippen molar-refractivity contribution in [1.82, 2.24) is 0 Å². The topological polar surface area (TPSA) is 37.3 Å². The summed E-state index contributed by atoms with van der Waals surface area (Å²) in [5, 5.41) is 9.17. The molecule has 0 aromatic carbocycles. The fourth-order valence-electron chi connectivity index (χ4n) is 1.46. The maximum absolute atomic E-state index is 11.1. The zero-order valence-electron chi connectivity index (χ0n) is 10.3. The first-order valence-corrected chi connectivity index (χ1v) is 5.33. The van der Waals surface area contributed by atoms with E-state index in [1.165, 1.54) is 0 Å². The van der Waals surface area contributed by atoms with Crippen LogP contribution in [-0.2, 0) is 4.79 Å². The molecule has 1 N–H and O–H groups in total. The van der Waals surface area contributed by atoms with E-state index in [2.05, 4.69) is 20.8 Å². The quantitative estimate of drug-likeness (QED) is 0.753. The van der Waals surface area contributed by atoms with Gasteiger partial charge in [0.1, 0.15) is 0 Å². The average molecular weight is 200 g/mol. The summed E-state index contributed by atoms with van der Waals surface area (Å²) in [6.07, 6.45) is 1.77. The molecule has 0 heterocycles. The first kappa shape index (κ1) is 13.5. The Kier molecular flexibility index (Phi) is 4.16. The molecule has 0 aliphatic rings. The van der Waals surface area contributed by atoms with Gasteiger partial charge in [0.2, 0.25) is 0 Å². The lowest BCUT2D eigenvalue weighted by atomic mass is 9.71. The van der Waals surface area contributed by atoms with Crippen LogP contribution in [0.15, 0.2) is 0 Å². The molecule has 0 aromatic rings. The molecule has 0 saturated heterocycles. The van der Waals surface area contributed by atoms with Crippen LogP contribution >= 0.6 is 0 Å². The second kappa shape index (κ2) is 4.33. The van der Waals surface area contributed by atoms with Gasteiger partial charge < -0.3 is 5.11 Å². The van der Waals surface area contributed by atoms with Gasteiger partial charge in [-0.15, -0.1) is 0 Å². The van der Waals surface area contributed by atoms with Gasteiger partial charge in [0, 0.05) is 0 Å². The first-order chi connectivity index (χ1) is 6.10. The van der Waals surface area contributed by atoms with E-state index < -0.39 is 5.97 Å². The fraction of sp³-hybridized carbons (Fsp3) is 0.917. The van der Waals surface area contributed by atoms with Crippen molar-refractivity contribution in [1.29, 1.82) is 0 Å². The molecular formula is C12H24O2. The highest BCUT2D eigenvalue weighted by Gasteiger charge is 2.35. The van der Waals surface area contributed by atoms with Crippen LogP contribution in [0.4, 0.5) is 0 Å². The van der Waals surface area contributed by atoms with Crippen molar-refractivity contribution in [3.63, 3.8) is 0 Å². The lowest BCUT2D eigenvalue weighted by Crippen LogP contribution is -2.32. The van der Waals surface area contributed by atoms with E-state index in [9.17, 15) is 4.79 Å². The van der Waals surface area contributed by atoms with Crippen LogP contribution in [0.3, 0.4) is 0 Å². The van der Waals surface area contributed by atoms with E-state index in [0.717, 1.165) is 12.8 Å². The third-order valence-electron chi connectivity index (χ3n) is 3.06. The Morgan fingerprint density at radius 3 is 1.86 bits per heavy atom. The Hall–Kier alpha value is -0.530. The Labute approximate surface area is 87.7 Å². The molecule has 0 amide bonds. The molecule has 0 fully saturated rings. The second-order valence-electron chi connectivity index (χ2n) is 5.98. The van der Waals surface area contributed by atoms with Crippen molar-refractivity contribution in [2.75, 3.05) is 0 Å². The fourth-order valence-corrected chi connectivity index (χ4v) is 1.46. The van der Waals surface area contributed by atoms with E-state index >= 15 is 0 Å². The highest BCUT2D eigenvalue weighted by molar-refractivity contribution is 5.70. The lowest BCUT2D eigenvalue weighted by molar-refractivity contribution is -0.147. The summed E-state index contributed by atoms with van der Waals surface area (Å²) in [6, 6.07) is 0. The minimum absolute atomic E-state index is 0.121. The molecule has 0 aliphatic heterocycles. The van der Waals surface area contributed by atoms with Crippen LogP contribution in [0.5, 0.6) is 0 Å². The molecule has 84 valence electrons. The van der Waals surface area contributed by atoms with Gasteiger partial charge in [-0.2, -0.15) is 0 Å². The molecule has 0 aliphatic carbocycles. The largest absolute Gasteiger partial charge is 0.481 e. The Morgan fingerprint density at radius 1 is 1.21 bits per heavy atom. The van der Waals surface area contributed by atoms with Crippen LogP contribution in [0.1, 0.15) is 54.4 Å². The minimum atomic E-state index is -0.668. The van der Waals surface area contributed by atoms with Crippen molar-refractivity contribution in [2.45, 2.75) is 54.4 Å². The first-order valence-electron chi connectivity index (χ1n) is 5.33. The van der Waals surface area contributed by atoms with Crippen LogP contribution in [0.25, 0.3) is 0 Å². The Morgan fingerprint density at radius 2 is 1.64 bits per heavy atom. The average Bonchev–Trinajstić information content (AvgIpc) is 1.98. The summed E-state index contributed by atoms with van der Waals surface area (Å²) in [6.45, 7) is 12.4. The van der Waals surface area contributed by atoms with Gasteiger partial charge in [0.25, 0.3) is 0 Å². The van der Waals surface area contributed by atoms with Gasteiger partial charge in [-0.25, -0.2) is 0 Å². The van der Waals surface area contributed by atoms with Crippen molar-refractivity contribution < 1.29 is 9.90 Å². The molecule has 2 nitrogen and oxygen atoms in total. The molecule has 1 unspecified atom stereocenters. The molecule has 0 spiro atoms. The van der Waals surface area contributed by atoms with Crippen LogP contribution in [0.2, 0.25) is 0 Å².